The zero-order valence-corrected chi connectivity index (χ0v) is 10.6. The molecular weight excluding hydrogens is 212 g/mol. The van der Waals surface area contributed by atoms with Gasteiger partial charge >= 0.3 is 0 Å². The Morgan fingerprint density at radius 2 is 2.00 bits per heavy atom. The molecule has 1 aromatic carbocycles. The Hall–Kier alpha value is -1.64. The van der Waals surface area contributed by atoms with Gasteiger partial charge in [0.2, 0.25) is 5.91 Å². The molecule has 0 aromatic heterocycles. The highest BCUT2D eigenvalue weighted by Gasteiger charge is 1.96. The van der Waals surface area contributed by atoms with Gasteiger partial charge in [0.25, 0.3) is 0 Å². The van der Waals surface area contributed by atoms with Crippen LogP contribution < -0.4 is 5.43 Å². The van der Waals surface area contributed by atoms with Gasteiger partial charge in [0.1, 0.15) is 0 Å². The van der Waals surface area contributed by atoms with Crippen molar-refractivity contribution in [3.05, 3.63) is 35.4 Å². The van der Waals surface area contributed by atoms with Crippen LogP contribution in [-0.2, 0) is 11.2 Å². The van der Waals surface area contributed by atoms with Crippen LogP contribution in [0.2, 0.25) is 0 Å². The Balaban J connectivity index is 2.39. The van der Waals surface area contributed by atoms with E-state index in [1.165, 1.54) is 5.56 Å². The number of aryl methyl sites for hydroxylation is 1. The molecule has 3 heteroatoms. The normalized spacial score (nSPS) is 10.7. The van der Waals surface area contributed by atoms with Crippen LogP contribution in [0, 0.1) is 0 Å². The maximum absolute atomic E-state index is 11.3. The third kappa shape index (κ3) is 5.29. The third-order valence-corrected chi connectivity index (χ3v) is 2.55. The lowest BCUT2D eigenvalue weighted by Gasteiger charge is -1.99. The summed E-state index contributed by atoms with van der Waals surface area (Å²) in [5, 5.41) is 3.93. The van der Waals surface area contributed by atoms with E-state index in [-0.39, 0.29) is 5.91 Å². The van der Waals surface area contributed by atoms with Crippen LogP contribution in [0.4, 0.5) is 0 Å². The summed E-state index contributed by atoms with van der Waals surface area (Å²) < 4.78 is 0. The molecule has 0 heterocycles. The number of unbranched alkanes of at least 4 members (excludes halogenated alkanes) is 1. The molecular formula is C14H20N2O. The zero-order valence-electron chi connectivity index (χ0n) is 10.6. The smallest absolute Gasteiger partial charge is 0.240 e. The van der Waals surface area contributed by atoms with Crippen LogP contribution in [0.1, 0.15) is 44.2 Å². The van der Waals surface area contributed by atoms with E-state index in [9.17, 15) is 4.79 Å². The average Bonchev–Trinajstić information content (AvgIpc) is 2.37. The molecule has 1 amide bonds. The van der Waals surface area contributed by atoms with Crippen LogP contribution in [0.3, 0.4) is 0 Å². The molecule has 0 aliphatic rings. The van der Waals surface area contributed by atoms with E-state index < -0.39 is 0 Å². The molecule has 0 bridgehead atoms. The minimum absolute atomic E-state index is 0.0201. The number of nitrogens with one attached hydrogen (secondary N) is 1. The summed E-state index contributed by atoms with van der Waals surface area (Å²) in [6.07, 6.45) is 5.18. The predicted octanol–water partition coefficient (Wildman–Crippen LogP) is 2.89. The van der Waals surface area contributed by atoms with E-state index in [0.29, 0.717) is 6.42 Å². The molecule has 0 aliphatic heterocycles. The molecule has 0 saturated carbocycles. The summed E-state index contributed by atoms with van der Waals surface area (Å²) in [5.41, 5.74) is 4.82. The van der Waals surface area contributed by atoms with Gasteiger partial charge in [0.15, 0.2) is 0 Å². The quantitative estimate of drug-likeness (QED) is 0.594. The van der Waals surface area contributed by atoms with Crippen molar-refractivity contribution in [2.45, 2.75) is 39.5 Å². The molecule has 1 aromatic rings. The van der Waals surface area contributed by atoms with Crippen molar-refractivity contribution in [3.63, 3.8) is 0 Å². The van der Waals surface area contributed by atoms with Gasteiger partial charge in [-0.15, -0.1) is 0 Å². The molecule has 3 nitrogen and oxygen atoms in total. The van der Waals surface area contributed by atoms with Crippen molar-refractivity contribution >= 4 is 12.1 Å². The standard InChI is InChI=1S/C14H20N2O/c1-3-5-6-14(17)16-15-11-13-9-7-12(4-2)8-10-13/h7-11H,3-6H2,1-2H3,(H,16,17)/b15-11+. The van der Waals surface area contributed by atoms with Gasteiger partial charge in [0.05, 0.1) is 6.21 Å². The SMILES string of the molecule is CCCCC(=O)N/N=C/c1ccc(CC)cc1. The Morgan fingerprint density at radius 3 is 2.59 bits per heavy atom. The van der Waals surface area contributed by atoms with E-state index in [2.05, 4.69) is 36.5 Å². The molecule has 0 spiro atoms. The summed E-state index contributed by atoms with van der Waals surface area (Å²) in [5.74, 6) is -0.0201. The number of amides is 1. The van der Waals surface area contributed by atoms with Crippen molar-refractivity contribution in [2.75, 3.05) is 0 Å². The van der Waals surface area contributed by atoms with Gasteiger partial charge < -0.3 is 0 Å². The van der Waals surface area contributed by atoms with Crippen molar-refractivity contribution in [1.82, 2.24) is 5.43 Å². The fourth-order valence-electron chi connectivity index (χ4n) is 1.41. The van der Waals surface area contributed by atoms with E-state index in [1.807, 2.05) is 12.1 Å². The van der Waals surface area contributed by atoms with Crippen LogP contribution >= 0.6 is 0 Å². The third-order valence-electron chi connectivity index (χ3n) is 2.55. The number of carbonyl (C=O) groups is 1. The van der Waals surface area contributed by atoms with Gasteiger partial charge in [-0.1, -0.05) is 44.5 Å². The summed E-state index contributed by atoms with van der Waals surface area (Å²) in [6, 6.07) is 8.14. The number of rotatable bonds is 6. The molecule has 0 unspecified atom stereocenters. The van der Waals surface area contributed by atoms with Crippen LogP contribution in [0.25, 0.3) is 0 Å². The Labute approximate surface area is 103 Å². The van der Waals surface area contributed by atoms with Crippen LogP contribution in [0.5, 0.6) is 0 Å². The van der Waals surface area contributed by atoms with E-state index in [0.717, 1.165) is 24.8 Å². The summed E-state index contributed by atoms with van der Waals surface area (Å²) in [4.78, 5) is 11.3. The lowest BCUT2D eigenvalue weighted by molar-refractivity contribution is -0.121. The molecule has 0 radical (unpaired) electrons. The predicted molar refractivity (Wildman–Crippen MR) is 71.1 cm³/mol. The van der Waals surface area contributed by atoms with Crippen molar-refractivity contribution in [2.24, 2.45) is 5.10 Å². The zero-order chi connectivity index (χ0) is 12.5. The number of hydrogen-bond acceptors (Lipinski definition) is 2. The van der Waals surface area contributed by atoms with Crippen LogP contribution in [0.15, 0.2) is 29.4 Å². The van der Waals surface area contributed by atoms with E-state index in [1.54, 1.807) is 6.21 Å². The summed E-state index contributed by atoms with van der Waals surface area (Å²) in [7, 11) is 0. The number of benzene rings is 1. The maximum atomic E-state index is 11.3. The first-order valence-electron chi connectivity index (χ1n) is 6.17. The highest BCUT2D eigenvalue weighted by atomic mass is 16.2. The van der Waals surface area contributed by atoms with Crippen LogP contribution in [-0.4, -0.2) is 12.1 Å². The molecule has 1 rings (SSSR count). The first-order valence-corrected chi connectivity index (χ1v) is 6.17. The Bertz CT molecular complexity index is 368. The largest absolute Gasteiger partial charge is 0.273 e. The minimum Gasteiger partial charge on any atom is -0.273 e. The Kier molecular flexibility index (Phi) is 6.00. The second kappa shape index (κ2) is 7.60. The number of hydrogen-bond donors (Lipinski definition) is 1. The molecule has 17 heavy (non-hydrogen) atoms. The minimum atomic E-state index is -0.0201. The van der Waals surface area contributed by atoms with Crippen molar-refractivity contribution in [3.8, 4) is 0 Å². The van der Waals surface area contributed by atoms with Gasteiger partial charge in [-0.05, 0) is 24.0 Å². The average molecular weight is 232 g/mol. The number of hydrazone groups is 1. The van der Waals surface area contributed by atoms with Gasteiger partial charge in [0, 0.05) is 6.42 Å². The van der Waals surface area contributed by atoms with E-state index in [4.69, 9.17) is 0 Å². The summed E-state index contributed by atoms with van der Waals surface area (Å²) in [6.45, 7) is 4.18. The lowest BCUT2D eigenvalue weighted by atomic mass is 10.1. The monoisotopic (exact) mass is 232 g/mol. The van der Waals surface area contributed by atoms with Gasteiger partial charge in [-0.2, -0.15) is 5.10 Å². The molecule has 0 fully saturated rings. The molecule has 0 atom stereocenters. The first-order chi connectivity index (χ1) is 8.26. The first kappa shape index (κ1) is 13.4. The molecule has 0 aliphatic carbocycles. The highest BCUT2D eigenvalue weighted by Crippen LogP contribution is 2.02. The number of nitrogens with zero attached hydrogens (tertiary/aromatic N) is 1. The number of carbonyl (C=O) groups excluding carboxylic acids is 1. The van der Waals surface area contributed by atoms with Crippen molar-refractivity contribution in [1.29, 1.82) is 0 Å². The second-order valence-corrected chi connectivity index (χ2v) is 3.99. The fourth-order valence-corrected chi connectivity index (χ4v) is 1.41. The summed E-state index contributed by atoms with van der Waals surface area (Å²) >= 11 is 0. The maximum Gasteiger partial charge on any atom is 0.240 e. The van der Waals surface area contributed by atoms with E-state index >= 15 is 0 Å². The van der Waals surface area contributed by atoms with Gasteiger partial charge in [-0.3, -0.25) is 4.79 Å². The second-order valence-electron chi connectivity index (χ2n) is 3.99. The lowest BCUT2D eigenvalue weighted by Crippen LogP contribution is -2.16. The topological polar surface area (TPSA) is 41.5 Å². The van der Waals surface area contributed by atoms with Gasteiger partial charge in [-0.25, -0.2) is 5.43 Å². The van der Waals surface area contributed by atoms with Crippen molar-refractivity contribution < 1.29 is 4.79 Å². The highest BCUT2D eigenvalue weighted by molar-refractivity contribution is 5.82. The molecule has 0 saturated heterocycles. The molecule has 92 valence electrons. The Morgan fingerprint density at radius 1 is 1.29 bits per heavy atom. The fraction of sp³-hybridized carbons (Fsp3) is 0.429. The molecule has 1 N–H and O–H groups in total.